The normalized spacial score (nSPS) is 14.8. The molecule has 192 valence electrons. The number of nitriles is 1. The second-order valence-corrected chi connectivity index (χ2v) is 8.82. The molecular weight excluding hydrogens is 494 g/mol. The molecule has 3 N–H and O–H groups in total. The number of nitrogens with one attached hydrogen (secondary N) is 2. The summed E-state index contributed by atoms with van der Waals surface area (Å²) in [6.07, 6.45) is 1.45. The molecule has 2 aromatic rings. The van der Waals surface area contributed by atoms with Crippen molar-refractivity contribution in [2.75, 3.05) is 31.9 Å². The predicted molar refractivity (Wildman–Crippen MR) is 141 cm³/mol. The molecule has 1 amide bonds. The van der Waals surface area contributed by atoms with Gasteiger partial charge in [-0.05, 0) is 48.9 Å². The van der Waals surface area contributed by atoms with E-state index in [0.29, 0.717) is 27.7 Å². The van der Waals surface area contributed by atoms with Crippen molar-refractivity contribution in [2.45, 2.75) is 12.8 Å². The van der Waals surface area contributed by atoms with Crippen LogP contribution in [0.1, 0.15) is 18.4 Å². The van der Waals surface area contributed by atoms with Crippen LogP contribution in [0.5, 0.6) is 17.2 Å². The van der Waals surface area contributed by atoms with Crippen LogP contribution in [-0.2, 0) is 14.3 Å². The summed E-state index contributed by atoms with van der Waals surface area (Å²) in [5, 5.41) is 26.5. The molecule has 1 atom stereocenters. The Hall–Kier alpha value is -4.36. The van der Waals surface area contributed by atoms with Gasteiger partial charge in [0.05, 0.1) is 48.1 Å². The SMILES string of the molecule is C=CCOC(=O)C1=C(C)NC(SCC(=O)Nc2ccc(OC)cc2)=C(C#N)C1c1ccc(O)c(OC)c1. The van der Waals surface area contributed by atoms with Crippen molar-refractivity contribution in [2.24, 2.45) is 0 Å². The number of esters is 1. The summed E-state index contributed by atoms with van der Waals surface area (Å²) in [7, 11) is 2.97. The third-order valence-electron chi connectivity index (χ3n) is 5.46. The highest BCUT2D eigenvalue weighted by Gasteiger charge is 2.36. The van der Waals surface area contributed by atoms with Gasteiger partial charge in [0.25, 0.3) is 0 Å². The van der Waals surface area contributed by atoms with E-state index in [-0.39, 0.29) is 40.9 Å². The van der Waals surface area contributed by atoms with E-state index in [4.69, 9.17) is 14.2 Å². The van der Waals surface area contributed by atoms with Gasteiger partial charge in [0.2, 0.25) is 5.91 Å². The Morgan fingerprint density at radius 1 is 1.22 bits per heavy atom. The number of nitrogens with zero attached hydrogens (tertiary/aromatic N) is 1. The molecule has 0 spiro atoms. The van der Waals surface area contributed by atoms with Crippen molar-refractivity contribution >= 4 is 29.3 Å². The summed E-state index contributed by atoms with van der Waals surface area (Å²) in [5.74, 6) is -0.913. The maximum atomic E-state index is 13.0. The lowest BCUT2D eigenvalue weighted by atomic mass is 9.82. The summed E-state index contributed by atoms with van der Waals surface area (Å²) in [4.78, 5) is 25.6. The molecule has 1 aliphatic heterocycles. The van der Waals surface area contributed by atoms with Crippen LogP contribution in [0.25, 0.3) is 0 Å². The molecule has 37 heavy (non-hydrogen) atoms. The molecule has 0 aromatic heterocycles. The molecule has 1 aliphatic rings. The van der Waals surface area contributed by atoms with Gasteiger partial charge in [-0.1, -0.05) is 30.5 Å². The molecule has 0 saturated heterocycles. The second-order valence-electron chi connectivity index (χ2n) is 7.84. The number of phenols is 1. The van der Waals surface area contributed by atoms with Gasteiger partial charge >= 0.3 is 5.97 Å². The number of benzene rings is 2. The monoisotopic (exact) mass is 521 g/mol. The third kappa shape index (κ3) is 6.45. The van der Waals surface area contributed by atoms with Crippen LogP contribution in [-0.4, -0.2) is 43.6 Å². The number of allylic oxidation sites excluding steroid dienone is 2. The topological polar surface area (TPSA) is 130 Å². The van der Waals surface area contributed by atoms with Crippen LogP contribution in [0.2, 0.25) is 0 Å². The number of anilines is 1. The minimum Gasteiger partial charge on any atom is -0.504 e. The first-order valence-electron chi connectivity index (χ1n) is 11.2. The molecule has 1 heterocycles. The van der Waals surface area contributed by atoms with Crippen LogP contribution >= 0.6 is 11.8 Å². The van der Waals surface area contributed by atoms with Crippen LogP contribution in [0.15, 0.2) is 77.0 Å². The van der Waals surface area contributed by atoms with Gasteiger partial charge in [-0.2, -0.15) is 5.26 Å². The van der Waals surface area contributed by atoms with Crippen molar-refractivity contribution in [3.63, 3.8) is 0 Å². The average molecular weight is 522 g/mol. The largest absolute Gasteiger partial charge is 0.504 e. The molecular formula is C27H27N3O6S. The summed E-state index contributed by atoms with van der Waals surface area (Å²) >= 11 is 1.14. The van der Waals surface area contributed by atoms with E-state index in [0.717, 1.165) is 11.8 Å². The molecule has 10 heteroatoms. The number of carbonyl (C=O) groups is 2. The first kappa shape index (κ1) is 27.2. The maximum Gasteiger partial charge on any atom is 0.337 e. The van der Waals surface area contributed by atoms with E-state index in [2.05, 4.69) is 23.3 Å². The number of hydrogen-bond acceptors (Lipinski definition) is 9. The van der Waals surface area contributed by atoms with E-state index in [1.165, 1.54) is 19.3 Å². The Balaban J connectivity index is 1.92. The van der Waals surface area contributed by atoms with Crippen molar-refractivity contribution < 1.29 is 28.9 Å². The standard InChI is InChI=1S/C27H27N3O6S/c1-5-12-36-27(33)24-16(2)29-26(37-15-23(32)30-18-7-9-19(34-3)10-8-18)20(14-28)25(24)17-6-11-21(31)22(13-17)35-4/h5-11,13,25,29,31H,1,12,15H2,2-4H3,(H,30,32). The molecule has 1 unspecified atom stereocenters. The van der Waals surface area contributed by atoms with Crippen molar-refractivity contribution in [3.05, 3.63) is 82.6 Å². The van der Waals surface area contributed by atoms with E-state index in [9.17, 15) is 20.0 Å². The number of carbonyl (C=O) groups excluding carboxylic acids is 2. The summed E-state index contributed by atoms with van der Waals surface area (Å²) in [5.41, 5.74) is 2.08. The van der Waals surface area contributed by atoms with Crippen LogP contribution < -0.4 is 20.1 Å². The van der Waals surface area contributed by atoms with Crippen molar-refractivity contribution in [3.8, 4) is 23.3 Å². The summed E-state index contributed by atoms with van der Waals surface area (Å²) in [6, 6.07) is 13.7. The van der Waals surface area contributed by atoms with Crippen molar-refractivity contribution in [1.82, 2.24) is 5.32 Å². The fourth-order valence-electron chi connectivity index (χ4n) is 3.73. The molecule has 0 saturated carbocycles. The fraction of sp³-hybridized carbons (Fsp3) is 0.222. The van der Waals surface area contributed by atoms with Gasteiger partial charge in [0.15, 0.2) is 11.5 Å². The fourth-order valence-corrected chi connectivity index (χ4v) is 4.62. The van der Waals surface area contributed by atoms with Crippen LogP contribution in [0, 0.1) is 11.3 Å². The maximum absolute atomic E-state index is 13.0. The second kappa shape index (κ2) is 12.6. The zero-order valence-corrected chi connectivity index (χ0v) is 21.5. The van der Waals surface area contributed by atoms with E-state index < -0.39 is 11.9 Å². The van der Waals surface area contributed by atoms with Gasteiger partial charge in [-0.25, -0.2) is 4.79 Å². The summed E-state index contributed by atoms with van der Waals surface area (Å²) in [6.45, 7) is 5.26. The predicted octanol–water partition coefficient (Wildman–Crippen LogP) is 4.21. The van der Waals surface area contributed by atoms with Gasteiger partial charge in [0.1, 0.15) is 12.4 Å². The number of methoxy groups -OCH3 is 2. The quantitative estimate of drug-likeness (QED) is 0.311. The third-order valence-corrected chi connectivity index (χ3v) is 6.48. The lowest BCUT2D eigenvalue weighted by Gasteiger charge is -2.29. The van der Waals surface area contributed by atoms with E-state index in [1.54, 1.807) is 50.4 Å². The number of thioether (sulfide) groups is 1. The van der Waals surface area contributed by atoms with Gasteiger partial charge in [0, 0.05) is 11.4 Å². The summed E-state index contributed by atoms with van der Waals surface area (Å²) < 4.78 is 15.7. The number of phenolic OH excluding ortho intramolecular Hbond substituents is 1. The number of amides is 1. The number of dihydropyridines is 1. The lowest BCUT2D eigenvalue weighted by molar-refractivity contribution is -0.138. The number of ether oxygens (including phenoxy) is 3. The van der Waals surface area contributed by atoms with E-state index in [1.807, 2.05) is 0 Å². The van der Waals surface area contributed by atoms with E-state index >= 15 is 0 Å². The van der Waals surface area contributed by atoms with Gasteiger partial charge in [-0.3, -0.25) is 4.79 Å². The van der Waals surface area contributed by atoms with Gasteiger partial charge < -0.3 is 30.0 Å². The molecule has 0 radical (unpaired) electrons. The van der Waals surface area contributed by atoms with Crippen LogP contribution in [0.3, 0.4) is 0 Å². The number of hydrogen-bond donors (Lipinski definition) is 3. The first-order valence-corrected chi connectivity index (χ1v) is 12.1. The molecule has 0 aliphatic carbocycles. The minimum absolute atomic E-state index is 0.0000276. The Morgan fingerprint density at radius 2 is 1.95 bits per heavy atom. The molecule has 2 aromatic carbocycles. The van der Waals surface area contributed by atoms with Gasteiger partial charge in [-0.15, -0.1) is 0 Å². The van der Waals surface area contributed by atoms with Crippen LogP contribution in [0.4, 0.5) is 5.69 Å². The molecule has 9 nitrogen and oxygen atoms in total. The molecule has 3 rings (SSSR count). The Labute approximate surface area is 219 Å². The highest BCUT2D eigenvalue weighted by atomic mass is 32.2. The Morgan fingerprint density at radius 3 is 2.57 bits per heavy atom. The minimum atomic E-state index is -0.815. The zero-order chi connectivity index (χ0) is 26.9. The highest BCUT2D eigenvalue weighted by Crippen LogP contribution is 2.43. The molecule has 0 bridgehead atoms. The smallest absolute Gasteiger partial charge is 0.337 e. The number of aromatic hydroxyl groups is 1. The first-order chi connectivity index (χ1) is 17.8. The zero-order valence-electron chi connectivity index (χ0n) is 20.7. The highest BCUT2D eigenvalue weighted by molar-refractivity contribution is 8.03. The number of rotatable bonds is 10. The Bertz CT molecular complexity index is 1290. The lowest BCUT2D eigenvalue weighted by Crippen LogP contribution is -2.29. The molecule has 0 fully saturated rings. The van der Waals surface area contributed by atoms with Crippen molar-refractivity contribution in [1.29, 1.82) is 5.26 Å². The average Bonchev–Trinajstić information content (AvgIpc) is 2.90. The Kier molecular flexibility index (Phi) is 9.24.